The molecule has 1 atom stereocenters. The third kappa shape index (κ3) is 7.97. The molecule has 0 unspecified atom stereocenters. The highest BCUT2D eigenvalue weighted by Crippen LogP contribution is 2.23. The molecular weight excluding hydrogens is 348 g/mol. The van der Waals surface area contributed by atoms with Gasteiger partial charge in [0, 0.05) is 32.4 Å². The number of rotatable bonds is 14. The minimum atomic E-state index is 0.637. The maximum Gasteiger partial charge on any atom is 0.119 e. The summed E-state index contributed by atoms with van der Waals surface area (Å²) in [6.45, 7) is 9.98. The molecule has 1 aliphatic rings. The SMILES string of the molecule is CCCCCCN1NC=CC=C1c1ccc(OCCCOC[C@@H](C)CC)cc1. The molecule has 4 heteroatoms. The molecule has 0 aliphatic carbocycles. The molecule has 4 nitrogen and oxygen atoms in total. The average Bonchev–Trinajstić information content (AvgIpc) is 2.74. The van der Waals surface area contributed by atoms with Gasteiger partial charge in [-0.1, -0.05) is 46.5 Å². The summed E-state index contributed by atoms with van der Waals surface area (Å²) >= 11 is 0. The van der Waals surface area contributed by atoms with Gasteiger partial charge in [0.05, 0.1) is 12.3 Å². The number of allylic oxidation sites excluding steroid dienone is 2. The normalized spacial score (nSPS) is 14.5. The third-order valence-electron chi connectivity index (χ3n) is 5.06. The minimum absolute atomic E-state index is 0.637. The van der Waals surface area contributed by atoms with Crippen LogP contribution in [0.2, 0.25) is 0 Å². The highest BCUT2D eigenvalue weighted by molar-refractivity contribution is 5.66. The summed E-state index contributed by atoms with van der Waals surface area (Å²) in [5.41, 5.74) is 5.78. The van der Waals surface area contributed by atoms with E-state index in [4.69, 9.17) is 9.47 Å². The van der Waals surface area contributed by atoms with Crippen LogP contribution in [0.1, 0.15) is 64.9 Å². The van der Waals surface area contributed by atoms with E-state index in [-0.39, 0.29) is 0 Å². The third-order valence-corrected chi connectivity index (χ3v) is 5.06. The van der Waals surface area contributed by atoms with E-state index in [1.165, 1.54) is 43.4 Å². The predicted octanol–water partition coefficient (Wildman–Crippen LogP) is 5.77. The van der Waals surface area contributed by atoms with Crippen molar-refractivity contribution in [1.82, 2.24) is 10.4 Å². The zero-order chi connectivity index (χ0) is 20.0. The van der Waals surface area contributed by atoms with E-state index in [0.717, 1.165) is 31.9 Å². The molecular formula is C24H38N2O2. The molecule has 156 valence electrons. The number of unbranched alkanes of at least 4 members (excludes halogenated alkanes) is 3. The monoisotopic (exact) mass is 386 g/mol. The van der Waals surface area contributed by atoms with Crippen molar-refractivity contribution in [3.63, 3.8) is 0 Å². The Morgan fingerprint density at radius 2 is 1.82 bits per heavy atom. The van der Waals surface area contributed by atoms with Crippen molar-refractivity contribution in [2.75, 3.05) is 26.4 Å². The summed E-state index contributed by atoms with van der Waals surface area (Å²) < 4.78 is 11.5. The Bertz CT molecular complexity index is 595. The molecule has 0 saturated heterocycles. The molecule has 0 radical (unpaired) electrons. The van der Waals surface area contributed by atoms with Crippen molar-refractivity contribution in [3.05, 3.63) is 48.2 Å². The van der Waals surface area contributed by atoms with Crippen molar-refractivity contribution < 1.29 is 9.47 Å². The van der Waals surface area contributed by atoms with Crippen LogP contribution in [0.25, 0.3) is 5.70 Å². The Morgan fingerprint density at radius 1 is 1.00 bits per heavy atom. The second-order valence-corrected chi connectivity index (χ2v) is 7.57. The standard InChI is InChI=1S/C24H38N2O2/c1-4-6-7-8-17-26-24(11-9-16-25-26)22-12-14-23(15-13-22)28-19-10-18-27-20-21(3)5-2/h9,11-16,21,25H,4-8,10,17-20H2,1-3H3/t21-/m0/s1. The van der Waals surface area contributed by atoms with E-state index in [2.05, 4.69) is 67.6 Å². The maximum atomic E-state index is 5.86. The van der Waals surface area contributed by atoms with Crippen LogP contribution in [0.4, 0.5) is 0 Å². The zero-order valence-corrected chi connectivity index (χ0v) is 18.0. The van der Waals surface area contributed by atoms with Gasteiger partial charge in [-0.15, -0.1) is 0 Å². The van der Waals surface area contributed by atoms with Gasteiger partial charge < -0.3 is 14.9 Å². The van der Waals surface area contributed by atoms with Gasteiger partial charge >= 0.3 is 0 Å². The minimum Gasteiger partial charge on any atom is -0.494 e. The van der Waals surface area contributed by atoms with Crippen molar-refractivity contribution in [3.8, 4) is 5.75 Å². The van der Waals surface area contributed by atoms with E-state index in [9.17, 15) is 0 Å². The number of nitrogens with one attached hydrogen (secondary N) is 1. The summed E-state index contributed by atoms with van der Waals surface area (Å²) in [6, 6.07) is 8.40. The molecule has 1 aliphatic heterocycles. The fourth-order valence-electron chi connectivity index (χ4n) is 3.04. The van der Waals surface area contributed by atoms with E-state index in [0.29, 0.717) is 12.5 Å². The first kappa shape index (κ1) is 22.4. The average molecular weight is 387 g/mol. The summed E-state index contributed by atoms with van der Waals surface area (Å²) in [5, 5.41) is 2.24. The smallest absolute Gasteiger partial charge is 0.119 e. The largest absolute Gasteiger partial charge is 0.494 e. The summed E-state index contributed by atoms with van der Waals surface area (Å²) in [6.07, 6.45) is 13.3. The Kier molecular flexibility index (Phi) is 10.6. The number of hydrogen-bond acceptors (Lipinski definition) is 4. The fraction of sp³-hybridized carbons (Fsp3) is 0.583. The number of hydrazine groups is 1. The molecule has 28 heavy (non-hydrogen) atoms. The van der Waals surface area contributed by atoms with Crippen molar-refractivity contribution >= 4 is 5.70 Å². The lowest BCUT2D eigenvalue weighted by Crippen LogP contribution is -2.35. The Labute approximate surface area is 171 Å². The predicted molar refractivity (Wildman–Crippen MR) is 118 cm³/mol. The van der Waals surface area contributed by atoms with Gasteiger partial charge in [0.25, 0.3) is 0 Å². The quantitative estimate of drug-likeness (QED) is 0.411. The molecule has 0 bridgehead atoms. The van der Waals surface area contributed by atoms with Crippen LogP contribution in [-0.4, -0.2) is 31.4 Å². The first-order chi connectivity index (χ1) is 13.7. The highest BCUT2D eigenvalue weighted by Gasteiger charge is 2.12. The Balaban J connectivity index is 1.75. The summed E-state index contributed by atoms with van der Waals surface area (Å²) in [7, 11) is 0. The van der Waals surface area contributed by atoms with Gasteiger partial charge in [0.1, 0.15) is 5.75 Å². The number of ether oxygens (including phenoxy) is 2. The van der Waals surface area contributed by atoms with Crippen LogP contribution < -0.4 is 10.2 Å². The van der Waals surface area contributed by atoms with Crippen LogP contribution in [0.15, 0.2) is 42.6 Å². The van der Waals surface area contributed by atoms with Crippen LogP contribution in [-0.2, 0) is 4.74 Å². The first-order valence-corrected chi connectivity index (χ1v) is 11.0. The van der Waals surface area contributed by atoms with Gasteiger partial charge in [-0.05, 0) is 54.3 Å². The molecule has 2 rings (SSSR count). The summed E-state index contributed by atoms with van der Waals surface area (Å²) in [4.78, 5) is 0. The number of nitrogens with zero attached hydrogens (tertiary/aromatic N) is 1. The van der Waals surface area contributed by atoms with E-state index < -0.39 is 0 Å². The molecule has 1 heterocycles. The van der Waals surface area contributed by atoms with Gasteiger partial charge in [0.15, 0.2) is 0 Å². The van der Waals surface area contributed by atoms with E-state index >= 15 is 0 Å². The van der Waals surface area contributed by atoms with Crippen molar-refractivity contribution in [1.29, 1.82) is 0 Å². The zero-order valence-electron chi connectivity index (χ0n) is 18.0. The van der Waals surface area contributed by atoms with Crippen LogP contribution in [0, 0.1) is 5.92 Å². The van der Waals surface area contributed by atoms with Crippen molar-refractivity contribution in [2.24, 2.45) is 5.92 Å². The molecule has 1 aromatic rings. The first-order valence-electron chi connectivity index (χ1n) is 11.0. The Morgan fingerprint density at radius 3 is 2.57 bits per heavy atom. The van der Waals surface area contributed by atoms with Gasteiger partial charge in [-0.25, -0.2) is 0 Å². The number of benzene rings is 1. The molecule has 1 N–H and O–H groups in total. The van der Waals surface area contributed by atoms with Crippen LogP contribution in [0.5, 0.6) is 5.75 Å². The topological polar surface area (TPSA) is 33.7 Å². The van der Waals surface area contributed by atoms with Crippen LogP contribution >= 0.6 is 0 Å². The summed E-state index contributed by atoms with van der Waals surface area (Å²) in [5.74, 6) is 1.55. The molecule has 0 amide bonds. The second-order valence-electron chi connectivity index (χ2n) is 7.57. The highest BCUT2D eigenvalue weighted by atomic mass is 16.5. The van der Waals surface area contributed by atoms with Gasteiger partial charge in [-0.2, -0.15) is 0 Å². The molecule has 1 aromatic carbocycles. The Hall–Kier alpha value is -1.94. The van der Waals surface area contributed by atoms with Gasteiger partial charge in [0.2, 0.25) is 0 Å². The van der Waals surface area contributed by atoms with E-state index in [1.807, 2.05) is 6.20 Å². The molecule has 0 saturated carbocycles. The molecule has 0 spiro atoms. The molecule has 0 fully saturated rings. The van der Waals surface area contributed by atoms with Crippen LogP contribution in [0.3, 0.4) is 0 Å². The number of hydrogen-bond donors (Lipinski definition) is 1. The van der Waals surface area contributed by atoms with E-state index in [1.54, 1.807) is 0 Å². The maximum absolute atomic E-state index is 5.86. The fourth-order valence-corrected chi connectivity index (χ4v) is 3.04. The molecule has 0 aromatic heterocycles. The lowest BCUT2D eigenvalue weighted by atomic mass is 10.1. The lowest BCUT2D eigenvalue weighted by Gasteiger charge is -2.29. The van der Waals surface area contributed by atoms with Crippen molar-refractivity contribution in [2.45, 2.75) is 59.3 Å². The second kappa shape index (κ2) is 13.3. The lowest BCUT2D eigenvalue weighted by molar-refractivity contribution is 0.0926. The van der Waals surface area contributed by atoms with Gasteiger partial charge in [-0.3, -0.25) is 5.01 Å².